The Bertz CT molecular complexity index is 518. The zero-order valence-corrected chi connectivity index (χ0v) is 26.8. The maximum absolute atomic E-state index is 12.2. The Morgan fingerprint density at radius 3 is 1.56 bits per heavy atom. The molecule has 0 bridgehead atoms. The third kappa shape index (κ3) is 14.5. The van der Waals surface area contributed by atoms with Crippen LogP contribution in [-0.2, 0) is 47.4 Å². The van der Waals surface area contributed by atoms with Gasteiger partial charge in [0.05, 0.1) is 16.1 Å². The highest BCUT2D eigenvalue weighted by molar-refractivity contribution is 8.94. The molecule has 0 aliphatic carbocycles. The van der Waals surface area contributed by atoms with Gasteiger partial charge in [-0.1, -0.05) is 71.6 Å². The van der Waals surface area contributed by atoms with Gasteiger partial charge < -0.3 is 24.3 Å². The van der Waals surface area contributed by atoms with E-state index in [4.69, 9.17) is 42.6 Å². The summed E-state index contributed by atoms with van der Waals surface area (Å²) in [5, 5.41) is -0.878. The highest BCUT2D eigenvalue weighted by atomic mass is 33.2. The van der Waals surface area contributed by atoms with Crippen LogP contribution in [0, 0.1) is 0 Å². The average Bonchev–Trinajstić information content (AvgIpc) is 2.74. The van der Waals surface area contributed by atoms with E-state index in [1.165, 1.54) is 0 Å². The van der Waals surface area contributed by atoms with Crippen molar-refractivity contribution in [2.75, 3.05) is 38.1 Å². The summed E-state index contributed by atoms with van der Waals surface area (Å²) in [6, 6.07) is 0. The lowest BCUT2D eigenvalue weighted by Gasteiger charge is -2.31. The normalized spacial score (nSPS) is 14.3. The quantitative estimate of drug-likeness (QED) is 0.113. The summed E-state index contributed by atoms with van der Waals surface area (Å²) in [5.41, 5.74) is 0. The number of rotatable bonds is 21. The van der Waals surface area contributed by atoms with Crippen molar-refractivity contribution in [3.05, 3.63) is 0 Å². The number of hydrogen-bond donors (Lipinski definition) is 1. The molecule has 2 atom stereocenters. The van der Waals surface area contributed by atoms with Gasteiger partial charge in [0, 0.05) is 51.4 Å². The van der Waals surface area contributed by atoms with Gasteiger partial charge in [-0.05, 0) is 27.7 Å². The molecule has 32 heavy (non-hydrogen) atoms. The fraction of sp³-hybridized carbons (Fsp3) is 0.944. The fourth-order valence-electron chi connectivity index (χ4n) is 2.44. The Balaban J connectivity index is 4.32. The molecule has 192 valence electrons. The Kier molecular flexibility index (Phi) is 21.4. The molecule has 14 heteroatoms. The van der Waals surface area contributed by atoms with Crippen LogP contribution in [0.4, 0.5) is 0 Å². The second kappa shape index (κ2) is 20.1. The number of carbonyl (C=O) groups excluding carboxylic acids is 1. The van der Waals surface area contributed by atoms with Gasteiger partial charge in [-0.2, -0.15) is 0 Å². The van der Waals surface area contributed by atoms with Crippen LogP contribution in [0.1, 0.15) is 60.8 Å². The van der Waals surface area contributed by atoms with E-state index < -0.39 is 20.4 Å². The van der Waals surface area contributed by atoms with Crippen LogP contribution in [0.3, 0.4) is 0 Å². The van der Waals surface area contributed by atoms with E-state index in [9.17, 15) is 4.79 Å². The number of amides is 1. The van der Waals surface area contributed by atoms with Crippen LogP contribution in [0.2, 0.25) is 0 Å². The van der Waals surface area contributed by atoms with E-state index in [1.54, 1.807) is 45.5 Å². The lowest BCUT2D eigenvalue weighted by atomic mass is 10.4. The minimum Gasteiger partial charge on any atom is -0.347 e. The second-order valence-corrected chi connectivity index (χ2v) is 24.9. The molecule has 0 rings (SSSR count). The Labute approximate surface area is 222 Å². The van der Waals surface area contributed by atoms with Gasteiger partial charge in [0.25, 0.3) is 0 Å². The zero-order chi connectivity index (χ0) is 24.5. The van der Waals surface area contributed by atoms with E-state index >= 15 is 0 Å². The molecule has 0 saturated heterocycles. The van der Waals surface area contributed by atoms with Crippen LogP contribution in [0.15, 0.2) is 0 Å². The van der Waals surface area contributed by atoms with Crippen molar-refractivity contribution in [1.82, 2.24) is 5.32 Å². The highest BCUT2D eigenvalue weighted by Gasteiger charge is 2.32. The third-order valence-corrected chi connectivity index (χ3v) is 19.5. The van der Waals surface area contributed by atoms with Gasteiger partial charge in [0.15, 0.2) is 0 Å². The van der Waals surface area contributed by atoms with Gasteiger partial charge in [0.2, 0.25) is 16.1 Å². The number of carbonyl (C=O) groups is 1. The molecular weight excluding hydrogens is 565 g/mol. The number of hydrogen-bond acceptors (Lipinski definition) is 11. The molecule has 6 nitrogen and oxygen atoms in total. The summed E-state index contributed by atoms with van der Waals surface area (Å²) in [7, 11) is 0. The molecule has 0 radical (unpaired) electrons. The first-order valence-corrected chi connectivity index (χ1v) is 22.6. The van der Waals surface area contributed by atoms with Crippen molar-refractivity contribution in [2.24, 2.45) is 0 Å². The fourth-order valence-corrected chi connectivity index (χ4v) is 17.9. The Morgan fingerprint density at radius 2 is 1.19 bits per heavy atom. The third-order valence-electron chi connectivity index (χ3n) is 3.81. The van der Waals surface area contributed by atoms with Gasteiger partial charge in [-0.3, -0.25) is 4.79 Å². The van der Waals surface area contributed by atoms with E-state index in [2.05, 4.69) is 5.32 Å². The minimum atomic E-state index is -1.26. The predicted molar refractivity (Wildman–Crippen MR) is 157 cm³/mol. The van der Waals surface area contributed by atoms with E-state index in [0.717, 1.165) is 12.8 Å². The summed E-state index contributed by atoms with van der Waals surface area (Å²) in [6.07, 6.45) is 1.89. The molecule has 0 aromatic heterocycles. The number of nitrogens with one attached hydrogen (secondary N) is 1. The van der Waals surface area contributed by atoms with Crippen molar-refractivity contribution in [3.8, 4) is 0 Å². The van der Waals surface area contributed by atoms with Crippen molar-refractivity contribution >= 4 is 85.2 Å². The highest BCUT2D eigenvalue weighted by Crippen LogP contribution is 2.58. The largest absolute Gasteiger partial charge is 0.347 e. The number of ether oxygens (including phenoxy) is 4. The zero-order valence-electron chi connectivity index (χ0n) is 19.9. The van der Waals surface area contributed by atoms with Gasteiger partial charge in [0.1, 0.15) is 0 Å². The molecule has 0 saturated carbocycles. The molecule has 0 aromatic carbocycles. The molecule has 2 unspecified atom stereocenters. The van der Waals surface area contributed by atoms with Crippen LogP contribution >= 0.6 is 55.7 Å². The standard InChI is InChI=1S/C18H39NO5P2S6/c1-7-17(21-9-3,22-10-4)31-25(27)29-14-13-16(20)19-15-30-26(28)32-18(8-2,23-11-5)24-12-6/h25-26H,7-15H2,1-6H3,(H,19,20). The van der Waals surface area contributed by atoms with Crippen molar-refractivity contribution < 1.29 is 23.7 Å². The summed E-state index contributed by atoms with van der Waals surface area (Å²) in [6.45, 7) is 14.2. The minimum absolute atomic E-state index is 0.0161. The summed E-state index contributed by atoms with van der Waals surface area (Å²) >= 11 is 17.7. The molecular formula is C18H39NO5P2S6. The summed E-state index contributed by atoms with van der Waals surface area (Å²) in [5.74, 6) is 1.20. The van der Waals surface area contributed by atoms with E-state index in [1.807, 2.05) is 41.5 Å². The van der Waals surface area contributed by atoms with E-state index in [-0.39, 0.29) is 5.91 Å². The van der Waals surface area contributed by atoms with Crippen LogP contribution < -0.4 is 5.32 Å². The molecule has 0 aliphatic rings. The first kappa shape index (κ1) is 34.0. The first-order chi connectivity index (χ1) is 15.3. The maximum atomic E-state index is 12.2. The van der Waals surface area contributed by atoms with Crippen LogP contribution in [-0.4, -0.2) is 54.2 Å². The molecule has 0 heterocycles. The SMILES string of the molecule is CCOC(CC)(OCC)S[PH](=S)SCCC(=O)NCS[PH](=S)SC(CC)(OCC)OCC. The molecule has 1 amide bonds. The molecule has 0 spiro atoms. The van der Waals surface area contributed by atoms with E-state index in [0.29, 0.717) is 44.5 Å². The Morgan fingerprint density at radius 1 is 0.781 bits per heavy atom. The van der Waals surface area contributed by atoms with Crippen molar-refractivity contribution in [2.45, 2.75) is 71.0 Å². The monoisotopic (exact) mass is 603 g/mol. The predicted octanol–water partition coefficient (Wildman–Crippen LogP) is 6.67. The topological polar surface area (TPSA) is 66.0 Å². The Hall–Kier alpha value is 2.01. The van der Waals surface area contributed by atoms with Gasteiger partial charge in [-0.15, -0.1) is 11.4 Å². The van der Waals surface area contributed by atoms with Crippen molar-refractivity contribution in [1.29, 1.82) is 0 Å². The maximum Gasteiger partial charge on any atom is 0.223 e. The van der Waals surface area contributed by atoms with Crippen LogP contribution in [0.25, 0.3) is 0 Å². The lowest BCUT2D eigenvalue weighted by molar-refractivity contribution is -0.165. The lowest BCUT2D eigenvalue weighted by Crippen LogP contribution is -2.30. The summed E-state index contributed by atoms with van der Waals surface area (Å²) in [4.78, 5) is 12.2. The first-order valence-electron chi connectivity index (χ1n) is 10.8. The molecule has 0 aliphatic heterocycles. The molecule has 0 aromatic rings. The second-order valence-electron chi connectivity index (χ2n) is 6.00. The van der Waals surface area contributed by atoms with Crippen LogP contribution in [0.5, 0.6) is 0 Å². The average molecular weight is 604 g/mol. The smallest absolute Gasteiger partial charge is 0.223 e. The summed E-state index contributed by atoms with van der Waals surface area (Å²) < 4.78 is 23.4. The van der Waals surface area contributed by atoms with Gasteiger partial charge in [-0.25, -0.2) is 0 Å². The molecule has 1 N–H and O–H groups in total. The van der Waals surface area contributed by atoms with Crippen molar-refractivity contribution in [3.63, 3.8) is 0 Å². The van der Waals surface area contributed by atoms with Gasteiger partial charge >= 0.3 is 0 Å². The molecule has 0 fully saturated rings.